The van der Waals surface area contributed by atoms with Gasteiger partial charge in [-0.25, -0.2) is 4.98 Å². The van der Waals surface area contributed by atoms with Crippen LogP contribution >= 0.6 is 22.7 Å². The summed E-state index contributed by atoms with van der Waals surface area (Å²) in [5.41, 5.74) is 3.99. The topological polar surface area (TPSA) is 16.8 Å². The third-order valence-corrected chi connectivity index (χ3v) is 7.31. The fraction of sp³-hybridized carbons (Fsp3) is 0.259. The van der Waals surface area contributed by atoms with Crippen molar-refractivity contribution in [1.82, 2.24) is 4.98 Å². The van der Waals surface area contributed by atoms with E-state index in [9.17, 15) is 0 Å². The van der Waals surface area contributed by atoms with Crippen molar-refractivity contribution in [2.24, 2.45) is 0 Å². The van der Waals surface area contributed by atoms with Crippen LogP contribution in [0.1, 0.15) is 42.3 Å². The molecule has 0 unspecified atom stereocenters. The highest BCUT2D eigenvalue weighted by atomic mass is 32.1. The van der Waals surface area contributed by atoms with E-state index >= 15 is 0 Å². The van der Waals surface area contributed by atoms with Gasteiger partial charge in [0, 0.05) is 24.5 Å². The van der Waals surface area contributed by atoms with Gasteiger partial charge in [0.1, 0.15) is 11.2 Å². The Balaban J connectivity index is 1.44. The predicted molar refractivity (Wildman–Crippen MR) is 137 cm³/mol. The highest BCUT2D eigenvalue weighted by Gasteiger charge is 2.20. The van der Waals surface area contributed by atoms with Gasteiger partial charge in [0.25, 0.3) is 5.01 Å². The molecule has 0 aliphatic carbocycles. The Morgan fingerprint density at radius 1 is 0.871 bits per heavy atom. The van der Waals surface area contributed by atoms with Gasteiger partial charge in [-0.2, -0.15) is 4.57 Å². The summed E-state index contributed by atoms with van der Waals surface area (Å²) < 4.78 is 5.15. The molecule has 0 saturated heterocycles. The molecule has 2 heterocycles. The quantitative estimate of drug-likeness (QED) is 0.192. The van der Waals surface area contributed by atoms with Crippen molar-refractivity contribution < 1.29 is 4.57 Å². The lowest BCUT2D eigenvalue weighted by Crippen LogP contribution is -2.35. The monoisotopic (exact) mass is 445 g/mol. The standard InChI is InChI=1S/C27H29N2S2/c1-3-13-21-14-12-17-24-27(21)29(20-4-2)26(31-24)19-9-7-5-6-8-18-25-28-22-15-10-11-16-23(22)30-25/h5-12,14-17,19H,3-4,13,18,20H2,1-2H3/q+1. The maximum Gasteiger partial charge on any atom is 0.262 e. The molecule has 0 amide bonds. The molecule has 0 bridgehead atoms. The third kappa shape index (κ3) is 5.20. The van der Waals surface area contributed by atoms with E-state index in [4.69, 9.17) is 0 Å². The summed E-state index contributed by atoms with van der Waals surface area (Å²) in [6, 6.07) is 15.1. The van der Waals surface area contributed by atoms with Crippen molar-refractivity contribution in [3.8, 4) is 0 Å². The highest BCUT2D eigenvalue weighted by molar-refractivity contribution is 7.19. The van der Waals surface area contributed by atoms with E-state index in [2.05, 4.69) is 96.3 Å². The predicted octanol–water partition coefficient (Wildman–Crippen LogP) is 7.53. The van der Waals surface area contributed by atoms with Crippen LogP contribution in [0.3, 0.4) is 0 Å². The van der Waals surface area contributed by atoms with Gasteiger partial charge >= 0.3 is 0 Å². The maximum atomic E-state index is 4.68. The molecular formula is C27H29N2S2+. The zero-order chi connectivity index (χ0) is 21.5. The largest absolute Gasteiger partial charge is 0.262 e. The second-order valence-corrected chi connectivity index (χ2v) is 9.73. The van der Waals surface area contributed by atoms with Gasteiger partial charge in [-0.15, -0.1) is 11.3 Å². The number of aromatic nitrogens is 2. The summed E-state index contributed by atoms with van der Waals surface area (Å²) in [5, 5.41) is 2.48. The molecule has 0 aliphatic heterocycles. The molecule has 0 N–H and O–H groups in total. The van der Waals surface area contributed by atoms with Crippen molar-refractivity contribution in [2.45, 2.75) is 46.1 Å². The van der Waals surface area contributed by atoms with Gasteiger partial charge < -0.3 is 0 Å². The van der Waals surface area contributed by atoms with Crippen LogP contribution in [-0.2, 0) is 19.4 Å². The Morgan fingerprint density at radius 2 is 1.71 bits per heavy atom. The lowest BCUT2D eigenvalue weighted by molar-refractivity contribution is -0.669. The molecular weight excluding hydrogens is 416 g/mol. The van der Waals surface area contributed by atoms with Crippen LogP contribution in [0.4, 0.5) is 0 Å². The molecule has 4 heteroatoms. The number of hydrogen-bond donors (Lipinski definition) is 0. The molecule has 31 heavy (non-hydrogen) atoms. The minimum absolute atomic E-state index is 0.875. The summed E-state index contributed by atoms with van der Waals surface area (Å²) in [5.74, 6) is 0. The van der Waals surface area contributed by atoms with E-state index in [1.807, 2.05) is 17.4 Å². The Kier molecular flexibility index (Phi) is 7.44. The SMILES string of the molecule is CCCc1cccc2sc(C=CC=CC=CCc3nc4ccccc4s3)[n+](CCC)c12. The normalized spacial score (nSPS) is 12.5. The Bertz CT molecular complexity index is 1210. The molecule has 0 radical (unpaired) electrons. The highest BCUT2D eigenvalue weighted by Crippen LogP contribution is 2.26. The van der Waals surface area contributed by atoms with Crippen LogP contribution in [-0.4, -0.2) is 4.98 Å². The van der Waals surface area contributed by atoms with E-state index in [-0.39, 0.29) is 0 Å². The van der Waals surface area contributed by atoms with Gasteiger partial charge in [0.15, 0.2) is 0 Å². The van der Waals surface area contributed by atoms with Crippen LogP contribution < -0.4 is 4.57 Å². The molecule has 4 rings (SSSR count). The van der Waals surface area contributed by atoms with Crippen molar-refractivity contribution in [2.75, 3.05) is 0 Å². The van der Waals surface area contributed by atoms with E-state index < -0.39 is 0 Å². The lowest BCUT2D eigenvalue weighted by atomic mass is 10.1. The van der Waals surface area contributed by atoms with Gasteiger partial charge in [-0.3, -0.25) is 0 Å². The minimum atomic E-state index is 0.875. The first-order chi connectivity index (χ1) is 15.3. The summed E-state index contributed by atoms with van der Waals surface area (Å²) in [4.78, 5) is 4.68. The first kappa shape index (κ1) is 21.7. The van der Waals surface area contributed by atoms with Crippen LogP contribution in [0, 0.1) is 0 Å². The van der Waals surface area contributed by atoms with Crippen LogP contribution in [0.5, 0.6) is 0 Å². The van der Waals surface area contributed by atoms with E-state index in [0.29, 0.717) is 0 Å². The number of nitrogens with zero attached hydrogens (tertiary/aromatic N) is 2. The zero-order valence-corrected chi connectivity index (χ0v) is 19.9. The van der Waals surface area contributed by atoms with E-state index in [1.54, 1.807) is 11.3 Å². The number of thiazole rings is 2. The van der Waals surface area contributed by atoms with Crippen molar-refractivity contribution in [3.05, 3.63) is 88.4 Å². The van der Waals surface area contributed by atoms with E-state index in [1.165, 1.54) is 31.9 Å². The summed E-state index contributed by atoms with van der Waals surface area (Å²) in [6.45, 7) is 5.57. The molecule has 0 fully saturated rings. The Hall–Kier alpha value is -2.56. The number of para-hydroxylation sites is 2. The Morgan fingerprint density at radius 3 is 2.55 bits per heavy atom. The molecule has 0 spiro atoms. The number of benzene rings is 2. The minimum Gasteiger partial charge on any atom is -0.241 e. The first-order valence-corrected chi connectivity index (χ1v) is 12.7. The lowest BCUT2D eigenvalue weighted by Gasteiger charge is -2.00. The van der Waals surface area contributed by atoms with Gasteiger partial charge in [-0.1, -0.05) is 86.3 Å². The zero-order valence-electron chi connectivity index (χ0n) is 18.3. The smallest absolute Gasteiger partial charge is 0.241 e. The molecule has 4 aromatic rings. The summed E-state index contributed by atoms with van der Waals surface area (Å²) >= 11 is 3.66. The molecule has 2 aromatic heterocycles. The van der Waals surface area contributed by atoms with Crippen LogP contribution in [0.25, 0.3) is 26.5 Å². The molecule has 158 valence electrons. The number of aryl methyl sites for hydroxylation is 2. The molecule has 0 saturated carbocycles. The van der Waals surface area contributed by atoms with Crippen LogP contribution in [0.15, 0.2) is 72.8 Å². The number of rotatable bonds is 9. The average Bonchev–Trinajstić information content (AvgIpc) is 3.35. The van der Waals surface area contributed by atoms with Crippen molar-refractivity contribution in [1.29, 1.82) is 0 Å². The van der Waals surface area contributed by atoms with Crippen LogP contribution in [0.2, 0.25) is 0 Å². The third-order valence-electron chi connectivity index (χ3n) is 5.14. The van der Waals surface area contributed by atoms with Gasteiger partial charge in [0.2, 0.25) is 5.52 Å². The van der Waals surface area contributed by atoms with Crippen molar-refractivity contribution in [3.63, 3.8) is 0 Å². The Labute approximate surface area is 192 Å². The second kappa shape index (κ2) is 10.7. The van der Waals surface area contributed by atoms with Gasteiger partial charge in [-0.05, 0) is 24.6 Å². The maximum absolute atomic E-state index is 4.68. The van der Waals surface area contributed by atoms with Crippen molar-refractivity contribution >= 4 is 49.2 Å². The number of hydrogen-bond acceptors (Lipinski definition) is 3. The number of allylic oxidation sites excluding steroid dienone is 5. The molecule has 2 nitrogen and oxygen atoms in total. The molecule has 2 aromatic carbocycles. The molecule has 0 atom stereocenters. The summed E-state index contributed by atoms with van der Waals surface area (Å²) in [7, 11) is 0. The second-order valence-electron chi connectivity index (χ2n) is 7.56. The summed E-state index contributed by atoms with van der Waals surface area (Å²) in [6.07, 6.45) is 17.2. The van der Waals surface area contributed by atoms with Gasteiger partial charge in [0.05, 0.1) is 15.2 Å². The first-order valence-electron chi connectivity index (χ1n) is 11.1. The van der Waals surface area contributed by atoms with E-state index in [0.717, 1.165) is 36.3 Å². The average molecular weight is 446 g/mol. The molecule has 0 aliphatic rings. The fourth-order valence-electron chi connectivity index (χ4n) is 3.80. The fourth-order valence-corrected chi connectivity index (χ4v) is 5.89. The number of fused-ring (bicyclic) bond motifs is 2.